The molecular formula is C15H27NO3. The van der Waals surface area contributed by atoms with Crippen molar-refractivity contribution in [2.75, 3.05) is 33.9 Å². The van der Waals surface area contributed by atoms with Gasteiger partial charge >= 0.3 is 0 Å². The summed E-state index contributed by atoms with van der Waals surface area (Å²) in [6.07, 6.45) is 3.59. The Hall–Kier alpha value is -0.450. The Balaban J connectivity index is 2.07. The second-order valence-corrected chi connectivity index (χ2v) is 6.65. The minimum absolute atomic E-state index is 0.0980. The van der Waals surface area contributed by atoms with Gasteiger partial charge in [0, 0.05) is 25.7 Å². The summed E-state index contributed by atoms with van der Waals surface area (Å²) in [5.74, 6) is 0.482. The number of ketones is 1. The molecule has 0 radical (unpaired) electrons. The molecule has 0 saturated carbocycles. The Morgan fingerprint density at radius 1 is 1.21 bits per heavy atom. The van der Waals surface area contributed by atoms with Gasteiger partial charge < -0.3 is 9.47 Å². The van der Waals surface area contributed by atoms with Crippen LogP contribution in [0.1, 0.15) is 39.5 Å². The maximum Gasteiger partial charge on any atom is 0.155 e. The highest BCUT2D eigenvalue weighted by atomic mass is 16.5. The average Bonchev–Trinajstić information content (AvgIpc) is 2.38. The van der Waals surface area contributed by atoms with Crippen molar-refractivity contribution >= 4 is 5.78 Å². The quantitative estimate of drug-likeness (QED) is 0.784. The maximum absolute atomic E-state index is 12.8. The number of likely N-dealkylation sites (N-methyl/N-ethyl adjacent to an activating group) is 1. The SMILES string of the molecule is CN(C)C(C)(C)C(=O)C1CCOC2(CCOCC2)C1. The van der Waals surface area contributed by atoms with E-state index in [1.165, 1.54) is 0 Å². The molecule has 0 aliphatic carbocycles. The highest BCUT2D eigenvalue weighted by molar-refractivity contribution is 5.89. The zero-order valence-electron chi connectivity index (χ0n) is 12.7. The molecule has 1 atom stereocenters. The van der Waals surface area contributed by atoms with E-state index in [-0.39, 0.29) is 11.5 Å². The van der Waals surface area contributed by atoms with E-state index in [9.17, 15) is 4.79 Å². The minimum Gasteiger partial charge on any atom is -0.381 e. The van der Waals surface area contributed by atoms with E-state index in [4.69, 9.17) is 9.47 Å². The van der Waals surface area contributed by atoms with E-state index in [1.807, 2.05) is 32.8 Å². The second-order valence-electron chi connectivity index (χ2n) is 6.65. The molecule has 0 bridgehead atoms. The lowest BCUT2D eigenvalue weighted by molar-refractivity contribution is -0.161. The van der Waals surface area contributed by atoms with Gasteiger partial charge in [0.15, 0.2) is 5.78 Å². The first kappa shape index (κ1) is 14.9. The summed E-state index contributed by atoms with van der Waals surface area (Å²) in [5, 5.41) is 0. The van der Waals surface area contributed by atoms with E-state index in [0.717, 1.165) is 38.9 Å². The molecule has 2 fully saturated rings. The zero-order chi connectivity index (χ0) is 14.1. The molecule has 0 aromatic heterocycles. The van der Waals surface area contributed by atoms with Gasteiger partial charge in [0.1, 0.15) is 0 Å². The normalized spacial score (nSPS) is 27.7. The smallest absolute Gasteiger partial charge is 0.155 e. The first-order chi connectivity index (χ1) is 8.87. The van der Waals surface area contributed by atoms with Gasteiger partial charge in [0.2, 0.25) is 0 Å². The number of nitrogens with zero attached hydrogens (tertiary/aromatic N) is 1. The first-order valence-corrected chi connectivity index (χ1v) is 7.31. The summed E-state index contributed by atoms with van der Waals surface area (Å²) in [6, 6.07) is 0. The summed E-state index contributed by atoms with van der Waals surface area (Å²) in [6.45, 7) is 6.26. The molecule has 1 spiro atoms. The summed E-state index contributed by atoms with van der Waals surface area (Å²) >= 11 is 0. The van der Waals surface area contributed by atoms with Gasteiger partial charge in [-0.05, 0) is 53.6 Å². The number of hydrogen-bond acceptors (Lipinski definition) is 4. The summed E-state index contributed by atoms with van der Waals surface area (Å²) in [4.78, 5) is 14.8. The van der Waals surface area contributed by atoms with Crippen molar-refractivity contribution < 1.29 is 14.3 Å². The fourth-order valence-corrected chi connectivity index (χ4v) is 3.06. The van der Waals surface area contributed by atoms with Gasteiger partial charge in [-0.3, -0.25) is 9.69 Å². The molecule has 110 valence electrons. The van der Waals surface area contributed by atoms with Crippen LogP contribution < -0.4 is 0 Å². The molecule has 2 heterocycles. The van der Waals surface area contributed by atoms with E-state index in [0.29, 0.717) is 12.4 Å². The second kappa shape index (κ2) is 5.51. The fraction of sp³-hybridized carbons (Fsp3) is 0.933. The molecule has 19 heavy (non-hydrogen) atoms. The standard InChI is InChI=1S/C15H27NO3/c1-14(2,16(3)4)13(17)12-5-8-19-15(11-12)6-9-18-10-7-15/h12H,5-11H2,1-4H3. The summed E-state index contributed by atoms with van der Waals surface area (Å²) < 4.78 is 11.4. The van der Waals surface area contributed by atoms with E-state index in [2.05, 4.69) is 0 Å². The Morgan fingerprint density at radius 2 is 1.84 bits per heavy atom. The van der Waals surface area contributed by atoms with E-state index < -0.39 is 5.54 Å². The lowest BCUT2D eigenvalue weighted by atomic mass is 9.75. The maximum atomic E-state index is 12.8. The highest BCUT2D eigenvalue weighted by Crippen LogP contribution is 2.38. The van der Waals surface area contributed by atoms with Crippen LogP contribution in [-0.2, 0) is 14.3 Å². The van der Waals surface area contributed by atoms with Crippen LogP contribution in [0.2, 0.25) is 0 Å². The Labute approximate surface area is 116 Å². The van der Waals surface area contributed by atoms with Gasteiger partial charge in [-0.15, -0.1) is 0 Å². The lowest BCUT2D eigenvalue weighted by Crippen LogP contribution is -2.53. The Morgan fingerprint density at radius 3 is 2.42 bits per heavy atom. The molecule has 2 rings (SSSR count). The number of hydrogen-bond donors (Lipinski definition) is 0. The van der Waals surface area contributed by atoms with Crippen LogP contribution in [0.15, 0.2) is 0 Å². The molecule has 0 aromatic rings. The topological polar surface area (TPSA) is 38.8 Å². The van der Waals surface area contributed by atoms with Crippen LogP contribution in [0.3, 0.4) is 0 Å². The third-order valence-electron chi connectivity index (χ3n) is 4.99. The largest absolute Gasteiger partial charge is 0.381 e. The molecule has 0 aromatic carbocycles. The molecule has 2 aliphatic heterocycles. The minimum atomic E-state index is -0.394. The monoisotopic (exact) mass is 269 g/mol. The molecule has 4 nitrogen and oxygen atoms in total. The molecule has 0 amide bonds. The predicted molar refractivity (Wildman–Crippen MR) is 74.2 cm³/mol. The van der Waals surface area contributed by atoms with Gasteiger partial charge in [-0.2, -0.15) is 0 Å². The Bertz CT molecular complexity index is 327. The van der Waals surface area contributed by atoms with Gasteiger partial charge in [0.25, 0.3) is 0 Å². The molecule has 1 unspecified atom stereocenters. The van der Waals surface area contributed by atoms with Crippen molar-refractivity contribution in [3.05, 3.63) is 0 Å². The summed E-state index contributed by atoms with van der Waals surface area (Å²) in [5.41, 5.74) is -0.492. The number of Topliss-reactive ketones (excluding diaryl/α,β-unsaturated/α-hetero) is 1. The number of carbonyl (C=O) groups is 1. The van der Waals surface area contributed by atoms with Crippen LogP contribution in [0.5, 0.6) is 0 Å². The van der Waals surface area contributed by atoms with Crippen molar-refractivity contribution in [3.63, 3.8) is 0 Å². The predicted octanol–water partition coefficient (Wildman–Crippen LogP) is 1.87. The molecule has 2 aliphatic rings. The van der Waals surface area contributed by atoms with Crippen molar-refractivity contribution in [2.24, 2.45) is 5.92 Å². The number of ether oxygens (including phenoxy) is 2. The van der Waals surface area contributed by atoms with Gasteiger partial charge in [-0.25, -0.2) is 0 Å². The van der Waals surface area contributed by atoms with Crippen molar-refractivity contribution in [1.82, 2.24) is 4.90 Å². The van der Waals surface area contributed by atoms with Gasteiger partial charge in [0.05, 0.1) is 11.1 Å². The number of rotatable bonds is 3. The third kappa shape index (κ3) is 3.01. The van der Waals surface area contributed by atoms with E-state index in [1.54, 1.807) is 0 Å². The van der Waals surface area contributed by atoms with Crippen molar-refractivity contribution in [3.8, 4) is 0 Å². The molecule has 4 heteroatoms. The van der Waals surface area contributed by atoms with Crippen LogP contribution in [0.25, 0.3) is 0 Å². The molecule has 2 saturated heterocycles. The zero-order valence-corrected chi connectivity index (χ0v) is 12.7. The Kier molecular flexibility index (Phi) is 4.33. The average molecular weight is 269 g/mol. The third-order valence-corrected chi connectivity index (χ3v) is 4.99. The van der Waals surface area contributed by atoms with Crippen LogP contribution >= 0.6 is 0 Å². The van der Waals surface area contributed by atoms with Gasteiger partial charge in [-0.1, -0.05) is 0 Å². The van der Waals surface area contributed by atoms with Crippen LogP contribution in [0, 0.1) is 5.92 Å². The number of carbonyl (C=O) groups excluding carboxylic acids is 1. The van der Waals surface area contributed by atoms with Crippen LogP contribution in [0.4, 0.5) is 0 Å². The highest BCUT2D eigenvalue weighted by Gasteiger charge is 2.44. The summed E-state index contributed by atoms with van der Waals surface area (Å²) in [7, 11) is 3.95. The first-order valence-electron chi connectivity index (χ1n) is 7.31. The van der Waals surface area contributed by atoms with Crippen LogP contribution in [-0.4, -0.2) is 55.7 Å². The molecule has 0 N–H and O–H groups in total. The fourth-order valence-electron chi connectivity index (χ4n) is 3.06. The lowest BCUT2D eigenvalue weighted by Gasteiger charge is -2.45. The molecular weight excluding hydrogens is 242 g/mol. The van der Waals surface area contributed by atoms with Crippen molar-refractivity contribution in [1.29, 1.82) is 0 Å². The van der Waals surface area contributed by atoms with E-state index >= 15 is 0 Å². The van der Waals surface area contributed by atoms with Crippen molar-refractivity contribution in [2.45, 2.75) is 50.7 Å².